The van der Waals surface area contributed by atoms with Gasteiger partial charge in [0.05, 0.1) is 16.8 Å². The normalized spacial score (nSPS) is 14.8. The Labute approximate surface area is 185 Å². The molecule has 0 spiro atoms. The largest absolute Gasteiger partial charge is 0.335 e. The molecule has 0 bridgehead atoms. The fourth-order valence-corrected chi connectivity index (χ4v) is 4.00. The third-order valence-electron chi connectivity index (χ3n) is 4.99. The minimum atomic E-state index is -0.507. The van der Waals surface area contributed by atoms with E-state index in [2.05, 4.69) is 25.5 Å². The van der Waals surface area contributed by atoms with Crippen LogP contribution in [0.1, 0.15) is 28.9 Å². The van der Waals surface area contributed by atoms with Gasteiger partial charge >= 0.3 is 0 Å². The van der Waals surface area contributed by atoms with Gasteiger partial charge in [0.2, 0.25) is 5.96 Å². The van der Waals surface area contributed by atoms with Crippen molar-refractivity contribution in [3.8, 4) is 6.19 Å². The summed E-state index contributed by atoms with van der Waals surface area (Å²) in [6.45, 7) is 4.85. The zero-order valence-electron chi connectivity index (χ0n) is 17.3. The van der Waals surface area contributed by atoms with Gasteiger partial charge in [-0.15, -0.1) is 11.3 Å². The maximum Gasteiger partial charge on any atom is 0.264 e. The van der Waals surface area contributed by atoms with Crippen LogP contribution in [0.15, 0.2) is 41.0 Å². The predicted molar refractivity (Wildman–Crippen MR) is 119 cm³/mol. The van der Waals surface area contributed by atoms with Crippen molar-refractivity contribution in [2.24, 2.45) is 4.99 Å². The number of carbonyl (C=O) groups excluding carboxylic acids is 1. The number of thiophene rings is 1. The van der Waals surface area contributed by atoms with E-state index < -0.39 is 5.82 Å². The van der Waals surface area contributed by atoms with Crippen molar-refractivity contribution in [2.45, 2.75) is 19.3 Å². The van der Waals surface area contributed by atoms with Gasteiger partial charge in [-0.1, -0.05) is 12.5 Å². The second-order valence-electron chi connectivity index (χ2n) is 7.12. The van der Waals surface area contributed by atoms with Gasteiger partial charge in [-0.05, 0) is 36.9 Å². The quantitative estimate of drug-likeness (QED) is 0.214. The average molecular weight is 444 g/mol. The molecule has 2 aromatic rings. The Bertz CT molecular complexity index is 905. The van der Waals surface area contributed by atoms with Crippen LogP contribution in [0.3, 0.4) is 0 Å². The number of anilines is 1. The van der Waals surface area contributed by atoms with E-state index in [1.54, 1.807) is 0 Å². The minimum absolute atomic E-state index is 0.134. The molecule has 31 heavy (non-hydrogen) atoms. The number of unbranched alkanes of at least 4 members (excludes halogenated alkanes) is 2. The second kappa shape index (κ2) is 12.0. The lowest BCUT2D eigenvalue weighted by molar-refractivity contribution is 0.0640. The number of guanidine groups is 1. The van der Waals surface area contributed by atoms with Crippen LogP contribution in [0, 0.1) is 17.3 Å². The lowest BCUT2D eigenvalue weighted by atomic mass is 10.2. The topological polar surface area (TPSA) is 96.7 Å². The molecule has 0 saturated carbocycles. The number of hydrogen-bond acceptors (Lipinski definition) is 6. The molecule has 1 aliphatic heterocycles. The number of nitrogens with zero attached hydrogens (tertiary/aromatic N) is 5. The molecular weight excluding hydrogens is 417 g/mol. The lowest BCUT2D eigenvalue weighted by Gasteiger charge is -2.34. The van der Waals surface area contributed by atoms with E-state index in [1.807, 2.05) is 28.6 Å². The molecule has 8 nitrogen and oxygen atoms in total. The van der Waals surface area contributed by atoms with E-state index in [-0.39, 0.29) is 17.6 Å². The van der Waals surface area contributed by atoms with Crippen molar-refractivity contribution in [3.63, 3.8) is 0 Å². The number of hydrogen-bond donors (Lipinski definition) is 2. The summed E-state index contributed by atoms with van der Waals surface area (Å²) in [6.07, 6.45) is 7.29. The molecule has 0 aliphatic carbocycles. The fraction of sp³-hybridized carbons (Fsp3) is 0.429. The highest BCUT2D eigenvalue weighted by molar-refractivity contribution is 7.12. The lowest BCUT2D eigenvalue weighted by Crippen LogP contribution is -2.48. The van der Waals surface area contributed by atoms with Gasteiger partial charge in [-0.3, -0.25) is 25.0 Å². The number of aliphatic imine (C=N–C) groups is 1. The Kier molecular flexibility index (Phi) is 8.75. The molecule has 1 amide bonds. The number of piperazine rings is 1. The highest BCUT2D eigenvalue weighted by Crippen LogP contribution is 2.14. The summed E-state index contributed by atoms with van der Waals surface area (Å²) in [7, 11) is 0. The predicted octanol–water partition coefficient (Wildman–Crippen LogP) is 2.75. The van der Waals surface area contributed by atoms with Crippen molar-refractivity contribution in [2.75, 3.05) is 44.6 Å². The standard InChI is InChI=1S/C21H26FN7OS/c22-17-15-24-8-6-18(17)27-21(26-16-23)25-7-2-1-3-9-28-10-12-29(13-11-28)20(30)19-5-4-14-31-19/h4-6,8,14-15H,1-3,7,9-13H2,(H2,24,25,26,27). The molecule has 10 heteroatoms. The van der Waals surface area contributed by atoms with E-state index in [0.29, 0.717) is 6.54 Å². The highest BCUT2D eigenvalue weighted by Gasteiger charge is 2.22. The van der Waals surface area contributed by atoms with E-state index in [1.165, 1.54) is 23.6 Å². The van der Waals surface area contributed by atoms with Crippen LogP contribution >= 0.6 is 11.3 Å². The van der Waals surface area contributed by atoms with Crippen LogP contribution in [0.4, 0.5) is 10.1 Å². The van der Waals surface area contributed by atoms with Gasteiger partial charge in [0.25, 0.3) is 5.91 Å². The van der Waals surface area contributed by atoms with Crippen LogP contribution in [-0.4, -0.2) is 65.9 Å². The van der Waals surface area contributed by atoms with E-state index in [9.17, 15) is 9.18 Å². The van der Waals surface area contributed by atoms with Crippen molar-refractivity contribution in [1.29, 1.82) is 5.26 Å². The molecule has 0 radical (unpaired) electrons. The molecule has 0 unspecified atom stereocenters. The Morgan fingerprint density at radius 2 is 2.10 bits per heavy atom. The summed E-state index contributed by atoms with van der Waals surface area (Å²) < 4.78 is 13.7. The van der Waals surface area contributed by atoms with Gasteiger partial charge in [0.1, 0.15) is 0 Å². The highest BCUT2D eigenvalue weighted by atomic mass is 32.1. The monoisotopic (exact) mass is 443 g/mol. The van der Waals surface area contributed by atoms with Crippen molar-refractivity contribution < 1.29 is 9.18 Å². The Balaban J connectivity index is 1.32. The number of nitrogens with one attached hydrogen (secondary N) is 2. The fourth-order valence-electron chi connectivity index (χ4n) is 3.31. The summed E-state index contributed by atoms with van der Waals surface area (Å²) in [6, 6.07) is 5.27. The number of nitriles is 1. The number of halogens is 1. The first-order valence-corrected chi connectivity index (χ1v) is 11.2. The summed E-state index contributed by atoms with van der Waals surface area (Å²) >= 11 is 1.49. The van der Waals surface area contributed by atoms with Crippen LogP contribution < -0.4 is 10.6 Å². The summed E-state index contributed by atoms with van der Waals surface area (Å²) in [5, 5.41) is 16.0. The molecule has 1 fully saturated rings. The van der Waals surface area contributed by atoms with Gasteiger partial charge in [0.15, 0.2) is 12.0 Å². The SMILES string of the molecule is N#CNC(=NCCCCCN1CCN(C(=O)c2cccs2)CC1)Nc1ccncc1F. The Hall–Kier alpha value is -3.03. The molecule has 3 heterocycles. The average Bonchev–Trinajstić information content (AvgIpc) is 3.32. The van der Waals surface area contributed by atoms with Gasteiger partial charge in [-0.25, -0.2) is 4.39 Å². The Morgan fingerprint density at radius 1 is 1.26 bits per heavy atom. The molecule has 3 rings (SSSR count). The van der Waals surface area contributed by atoms with Crippen molar-refractivity contribution in [3.05, 3.63) is 46.7 Å². The van der Waals surface area contributed by atoms with E-state index >= 15 is 0 Å². The van der Waals surface area contributed by atoms with Crippen molar-refractivity contribution >= 4 is 28.9 Å². The van der Waals surface area contributed by atoms with E-state index in [4.69, 9.17) is 5.26 Å². The third-order valence-corrected chi connectivity index (χ3v) is 5.85. The first-order chi connectivity index (χ1) is 15.2. The maximum atomic E-state index is 13.7. The first kappa shape index (κ1) is 22.7. The number of rotatable bonds is 8. The molecule has 164 valence electrons. The van der Waals surface area contributed by atoms with Crippen LogP contribution in [0.25, 0.3) is 0 Å². The second-order valence-corrected chi connectivity index (χ2v) is 8.07. The molecule has 0 atom stereocenters. The molecule has 0 aromatic carbocycles. The number of pyridine rings is 1. The molecule has 1 saturated heterocycles. The summed E-state index contributed by atoms with van der Waals surface area (Å²) in [5.74, 6) is -0.152. The number of aromatic nitrogens is 1. The summed E-state index contributed by atoms with van der Waals surface area (Å²) in [5.41, 5.74) is 0.216. The molecule has 2 N–H and O–H groups in total. The molecule has 1 aliphatic rings. The van der Waals surface area contributed by atoms with E-state index in [0.717, 1.165) is 63.1 Å². The van der Waals surface area contributed by atoms with Crippen molar-refractivity contribution in [1.82, 2.24) is 20.1 Å². The third kappa shape index (κ3) is 7.01. The first-order valence-electron chi connectivity index (χ1n) is 10.3. The number of carbonyl (C=O) groups is 1. The minimum Gasteiger partial charge on any atom is -0.335 e. The maximum absolute atomic E-state index is 13.7. The van der Waals surface area contributed by atoms with Crippen LogP contribution in [-0.2, 0) is 0 Å². The smallest absolute Gasteiger partial charge is 0.264 e. The zero-order valence-corrected chi connectivity index (χ0v) is 18.1. The Morgan fingerprint density at radius 3 is 2.81 bits per heavy atom. The van der Waals surface area contributed by atoms with Gasteiger partial charge < -0.3 is 10.2 Å². The summed E-state index contributed by atoms with van der Waals surface area (Å²) in [4.78, 5) is 25.5. The number of amides is 1. The zero-order chi connectivity index (χ0) is 21.9. The van der Waals surface area contributed by atoms with Gasteiger partial charge in [0, 0.05) is 38.9 Å². The molecular formula is C21H26FN7OS. The van der Waals surface area contributed by atoms with Crippen LogP contribution in [0.5, 0.6) is 0 Å². The van der Waals surface area contributed by atoms with Crippen LogP contribution in [0.2, 0.25) is 0 Å². The van der Waals surface area contributed by atoms with Gasteiger partial charge in [-0.2, -0.15) is 5.26 Å². The molecule has 2 aromatic heterocycles.